The van der Waals surface area contributed by atoms with Gasteiger partial charge in [-0.1, -0.05) is 91.0 Å². The molecule has 32 heavy (non-hydrogen) atoms. The fraction of sp³-hybridized carbons (Fsp3) is 0.333. The maximum atomic E-state index is 9.96. The van der Waals surface area contributed by atoms with Crippen molar-refractivity contribution in [3.8, 4) is 0 Å². The van der Waals surface area contributed by atoms with Crippen LogP contribution in [0.1, 0.15) is 16.7 Å². The first kappa shape index (κ1) is 22.6. The Kier molecular flexibility index (Phi) is 8.42. The maximum Gasteiger partial charge on any atom is 0.115 e. The summed E-state index contributed by atoms with van der Waals surface area (Å²) in [4.78, 5) is 0. The molecule has 5 nitrogen and oxygen atoms in total. The van der Waals surface area contributed by atoms with Gasteiger partial charge in [-0.25, -0.2) is 0 Å². The van der Waals surface area contributed by atoms with E-state index in [4.69, 9.17) is 18.9 Å². The second-order valence-corrected chi connectivity index (χ2v) is 7.92. The lowest BCUT2D eigenvalue weighted by molar-refractivity contribution is -0.0901. The highest BCUT2D eigenvalue weighted by Crippen LogP contribution is 2.29. The Bertz CT molecular complexity index is 903. The van der Waals surface area contributed by atoms with Crippen LogP contribution in [0, 0.1) is 0 Å². The number of ether oxygens (including phenoxy) is 4. The van der Waals surface area contributed by atoms with Gasteiger partial charge >= 0.3 is 0 Å². The van der Waals surface area contributed by atoms with E-state index in [1.807, 2.05) is 91.0 Å². The summed E-state index contributed by atoms with van der Waals surface area (Å²) in [6, 6.07) is 30.0. The number of aliphatic hydroxyl groups is 1. The molecular formula is C27H30O5. The van der Waals surface area contributed by atoms with Crippen molar-refractivity contribution in [3.63, 3.8) is 0 Å². The molecule has 0 aromatic heterocycles. The van der Waals surface area contributed by atoms with Crippen molar-refractivity contribution in [1.29, 1.82) is 0 Å². The Morgan fingerprint density at radius 3 is 1.50 bits per heavy atom. The van der Waals surface area contributed by atoms with Gasteiger partial charge in [0.1, 0.15) is 24.4 Å². The molecule has 168 valence electrons. The molecule has 1 N–H and O–H groups in total. The predicted octanol–water partition coefficient (Wildman–Crippen LogP) is 4.13. The van der Waals surface area contributed by atoms with E-state index in [-0.39, 0.29) is 18.8 Å². The molecule has 1 heterocycles. The molecule has 0 amide bonds. The minimum atomic E-state index is -0.468. The summed E-state index contributed by atoms with van der Waals surface area (Å²) in [5, 5.41) is 9.96. The van der Waals surface area contributed by atoms with Gasteiger partial charge in [-0.15, -0.1) is 0 Å². The molecular weight excluding hydrogens is 404 g/mol. The summed E-state index contributed by atoms with van der Waals surface area (Å²) in [6.45, 7) is 1.57. The lowest BCUT2D eigenvalue weighted by Crippen LogP contribution is -2.39. The minimum Gasteiger partial charge on any atom is -0.394 e. The van der Waals surface area contributed by atoms with E-state index in [0.29, 0.717) is 26.4 Å². The second kappa shape index (κ2) is 11.9. The van der Waals surface area contributed by atoms with Crippen molar-refractivity contribution in [2.75, 3.05) is 13.2 Å². The Balaban J connectivity index is 1.42. The number of rotatable bonds is 11. The maximum absolute atomic E-state index is 9.96. The highest BCUT2D eigenvalue weighted by Gasteiger charge is 2.46. The van der Waals surface area contributed by atoms with Crippen molar-refractivity contribution in [2.24, 2.45) is 0 Å². The van der Waals surface area contributed by atoms with Gasteiger partial charge in [0, 0.05) is 0 Å². The summed E-state index contributed by atoms with van der Waals surface area (Å²) >= 11 is 0. The van der Waals surface area contributed by atoms with Crippen molar-refractivity contribution in [3.05, 3.63) is 108 Å². The first-order valence-electron chi connectivity index (χ1n) is 11.0. The molecule has 0 unspecified atom stereocenters. The van der Waals surface area contributed by atoms with Crippen LogP contribution < -0.4 is 0 Å². The first-order valence-corrected chi connectivity index (χ1v) is 11.0. The molecule has 3 aromatic carbocycles. The third-order valence-corrected chi connectivity index (χ3v) is 5.55. The van der Waals surface area contributed by atoms with Crippen LogP contribution in [0.2, 0.25) is 0 Å². The summed E-state index contributed by atoms with van der Waals surface area (Å²) in [7, 11) is 0. The summed E-state index contributed by atoms with van der Waals surface area (Å²) < 4.78 is 24.6. The van der Waals surface area contributed by atoms with Crippen LogP contribution >= 0.6 is 0 Å². The second-order valence-electron chi connectivity index (χ2n) is 7.92. The predicted molar refractivity (Wildman–Crippen MR) is 122 cm³/mol. The molecule has 1 saturated heterocycles. The van der Waals surface area contributed by atoms with Crippen LogP contribution in [0.15, 0.2) is 91.0 Å². The average molecular weight is 435 g/mol. The largest absolute Gasteiger partial charge is 0.394 e. The van der Waals surface area contributed by atoms with Crippen molar-refractivity contribution in [2.45, 2.75) is 44.2 Å². The Labute approximate surface area is 189 Å². The summed E-state index contributed by atoms with van der Waals surface area (Å²) in [5.74, 6) is 0. The Morgan fingerprint density at radius 1 is 0.594 bits per heavy atom. The van der Waals surface area contributed by atoms with E-state index < -0.39 is 12.2 Å². The fourth-order valence-electron chi connectivity index (χ4n) is 3.89. The topological polar surface area (TPSA) is 57.2 Å². The molecule has 0 saturated carbocycles. The van der Waals surface area contributed by atoms with Crippen molar-refractivity contribution >= 4 is 0 Å². The van der Waals surface area contributed by atoms with E-state index in [2.05, 4.69) is 0 Å². The SMILES string of the molecule is OC[C@H]1O[C@@H](COCc2ccccc2)[C@@H](OCc2ccccc2)[C@@H]1OCc1ccccc1. The quantitative estimate of drug-likeness (QED) is 0.492. The lowest BCUT2D eigenvalue weighted by Gasteiger charge is -2.25. The average Bonchev–Trinajstić information content (AvgIpc) is 3.19. The number of aliphatic hydroxyl groups excluding tert-OH is 1. The van der Waals surface area contributed by atoms with Gasteiger partial charge in [0.05, 0.1) is 33.0 Å². The van der Waals surface area contributed by atoms with Gasteiger partial charge in [0.25, 0.3) is 0 Å². The standard InChI is InChI=1S/C27H30O5/c28-16-24-26(30-18-22-12-6-2-7-13-22)27(31-19-23-14-8-3-9-15-23)25(32-24)20-29-17-21-10-4-1-5-11-21/h1-15,24-28H,16-20H2/t24-,25+,26-,27-/m1/s1. The van der Waals surface area contributed by atoms with Gasteiger partial charge in [-0.2, -0.15) is 0 Å². The molecule has 0 spiro atoms. The van der Waals surface area contributed by atoms with Crippen molar-refractivity contribution < 1.29 is 24.1 Å². The fourth-order valence-corrected chi connectivity index (χ4v) is 3.89. The molecule has 4 atom stereocenters. The first-order chi connectivity index (χ1) is 15.8. The third kappa shape index (κ3) is 6.25. The summed E-state index contributed by atoms with van der Waals surface area (Å²) in [5.41, 5.74) is 3.24. The molecule has 1 fully saturated rings. The van der Waals surface area contributed by atoms with Crippen LogP contribution in [0.25, 0.3) is 0 Å². The van der Waals surface area contributed by atoms with Crippen LogP contribution in [-0.4, -0.2) is 42.7 Å². The molecule has 3 aromatic rings. The molecule has 4 rings (SSSR count). The van der Waals surface area contributed by atoms with Crippen LogP contribution in [0.3, 0.4) is 0 Å². The third-order valence-electron chi connectivity index (χ3n) is 5.55. The number of hydrogen-bond donors (Lipinski definition) is 1. The minimum absolute atomic E-state index is 0.139. The normalized spacial score (nSPS) is 22.8. The van der Waals surface area contributed by atoms with Gasteiger partial charge in [-0.3, -0.25) is 0 Å². The van der Waals surface area contributed by atoms with E-state index in [1.165, 1.54) is 0 Å². The van der Waals surface area contributed by atoms with Crippen LogP contribution in [0.5, 0.6) is 0 Å². The zero-order chi connectivity index (χ0) is 22.0. The van der Waals surface area contributed by atoms with E-state index in [9.17, 15) is 5.11 Å². The zero-order valence-corrected chi connectivity index (χ0v) is 18.1. The molecule has 0 aliphatic carbocycles. The van der Waals surface area contributed by atoms with E-state index in [1.54, 1.807) is 0 Å². The van der Waals surface area contributed by atoms with Gasteiger partial charge in [0.15, 0.2) is 0 Å². The van der Waals surface area contributed by atoms with Gasteiger partial charge in [-0.05, 0) is 16.7 Å². The molecule has 0 bridgehead atoms. The number of benzene rings is 3. The van der Waals surface area contributed by atoms with E-state index >= 15 is 0 Å². The van der Waals surface area contributed by atoms with Gasteiger partial charge < -0.3 is 24.1 Å². The molecule has 1 aliphatic rings. The highest BCUT2D eigenvalue weighted by atomic mass is 16.6. The zero-order valence-electron chi connectivity index (χ0n) is 18.1. The van der Waals surface area contributed by atoms with Crippen LogP contribution in [0.4, 0.5) is 0 Å². The highest BCUT2D eigenvalue weighted by molar-refractivity contribution is 5.15. The summed E-state index contributed by atoms with van der Waals surface area (Å²) in [6.07, 6.45) is -1.55. The molecule has 1 aliphatic heterocycles. The van der Waals surface area contributed by atoms with Crippen LogP contribution in [-0.2, 0) is 38.8 Å². The Morgan fingerprint density at radius 2 is 1.03 bits per heavy atom. The number of hydrogen-bond acceptors (Lipinski definition) is 5. The molecule has 0 radical (unpaired) electrons. The van der Waals surface area contributed by atoms with E-state index in [0.717, 1.165) is 16.7 Å². The smallest absolute Gasteiger partial charge is 0.115 e. The molecule has 5 heteroatoms. The monoisotopic (exact) mass is 434 g/mol. The van der Waals surface area contributed by atoms with Gasteiger partial charge in [0.2, 0.25) is 0 Å². The van der Waals surface area contributed by atoms with Crippen molar-refractivity contribution in [1.82, 2.24) is 0 Å². The Hall–Kier alpha value is -2.54. The lowest BCUT2D eigenvalue weighted by atomic mass is 10.1.